The number of rotatable bonds is 20. The standard InChI is InChI=1S/C33H52N6O6S2/c1-23-29(46-22-37-23)26-11-9-25(10-12-26)20-36-31(42)28-19-27(41)21-38(28)32(43)30(33(3,4)47-18-8-6-5-7-13-34)39(24(2)40)45-17-16-44-15-14-35/h9-12,22,27-28,30,41H,5-8,13-21,34-35H2,1-4H3,(H,36,42)/t27-,28+,30-/m1/s1. The quantitative estimate of drug-likeness (QED) is 0.119. The van der Waals surface area contributed by atoms with Crippen LogP contribution in [0.15, 0.2) is 29.8 Å². The van der Waals surface area contributed by atoms with Crippen LogP contribution in [0.5, 0.6) is 0 Å². The van der Waals surface area contributed by atoms with E-state index in [2.05, 4.69) is 10.3 Å². The number of likely N-dealkylation sites (tertiary alicyclic amines) is 1. The number of unbranched alkanes of at least 4 members (excludes halogenated alkanes) is 3. The number of nitrogens with two attached hydrogens (primary N) is 2. The van der Waals surface area contributed by atoms with Crippen molar-refractivity contribution in [1.82, 2.24) is 20.3 Å². The lowest BCUT2D eigenvalue weighted by Gasteiger charge is -2.41. The van der Waals surface area contributed by atoms with Gasteiger partial charge in [-0.25, -0.2) is 10.0 Å². The minimum atomic E-state index is -1.06. The van der Waals surface area contributed by atoms with Crippen LogP contribution in [-0.4, -0.2) is 106 Å². The Balaban J connectivity index is 1.76. The van der Waals surface area contributed by atoms with Crippen LogP contribution in [0, 0.1) is 6.92 Å². The highest BCUT2D eigenvalue weighted by molar-refractivity contribution is 8.00. The van der Waals surface area contributed by atoms with Crippen LogP contribution < -0.4 is 16.8 Å². The zero-order chi connectivity index (χ0) is 34.4. The van der Waals surface area contributed by atoms with Gasteiger partial charge in [0.2, 0.25) is 17.7 Å². The van der Waals surface area contributed by atoms with Crippen LogP contribution in [0.25, 0.3) is 10.4 Å². The van der Waals surface area contributed by atoms with Crippen LogP contribution in [0.1, 0.15) is 64.1 Å². The zero-order valence-corrected chi connectivity index (χ0v) is 29.7. The van der Waals surface area contributed by atoms with Gasteiger partial charge in [0.05, 0.1) is 42.0 Å². The average Bonchev–Trinajstić information content (AvgIpc) is 3.65. The van der Waals surface area contributed by atoms with Crippen molar-refractivity contribution in [2.24, 2.45) is 11.5 Å². The fourth-order valence-corrected chi connectivity index (χ4v) is 7.58. The summed E-state index contributed by atoms with van der Waals surface area (Å²) in [7, 11) is 0. The molecular weight excluding hydrogens is 641 g/mol. The molecule has 0 unspecified atom stereocenters. The van der Waals surface area contributed by atoms with Crippen molar-refractivity contribution >= 4 is 40.8 Å². The Morgan fingerprint density at radius 1 is 1.13 bits per heavy atom. The minimum Gasteiger partial charge on any atom is -0.391 e. The summed E-state index contributed by atoms with van der Waals surface area (Å²) in [5.74, 6) is -0.506. The van der Waals surface area contributed by atoms with Crippen molar-refractivity contribution in [1.29, 1.82) is 0 Å². The van der Waals surface area contributed by atoms with Crippen molar-refractivity contribution in [3.63, 3.8) is 0 Å². The molecule has 1 saturated heterocycles. The lowest BCUT2D eigenvalue weighted by atomic mass is 10.00. The largest absolute Gasteiger partial charge is 0.391 e. The summed E-state index contributed by atoms with van der Waals surface area (Å²) in [6, 6.07) is 5.93. The lowest BCUT2D eigenvalue weighted by Crippen LogP contribution is -2.61. The molecule has 1 fully saturated rings. The number of carbonyl (C=O) groups is 3. The number of hydrogen-bond acceptors (Lipinski definition) is 11. The number of thiazole rings is 1. The van der Waals surface area contributed by atoms with Crippen LogP contribution in [-0.2, 0) is 30.5 Å². The molecular formula is C33H52N6O6S2. The first-order valence-electron chi connectivity index (χ1n) is 16.3. The Kier molecular flexibility index (Phi) is 16.1. The fraction of sp³-hybridized carbons (Fsp3) is 0.636. The summed E-state index contributed by atoms with van der Waals surface area (Å²) in [6.45, 7) is 8.94. The Labute approximate surface area is 286 Å². The molecule has 0 saturated carbocycles. The maximum atomic E-state index is 14.4. The van der Waals surface area contributed by atoms with E-state index in [1.165, 1.54) is 11.8 Å². The second kappa shape index (κ2) is 19.4. The summed E-state index contributed by atoms with van der Waals surface area (Å²) in [4.78, 5) is 53.7. The maximum absolute atomic E-state index is 14.4. The SMILES string of the molecule is CC(=O)N(OCCOCCN)[C@H](C(=O)N1C[C@H](O)C[C@H]1C(=O)NCc1ccc(-c2scnc2C)cc1)C(C)(C)SCCCCCCN. The molecule has 1 aliphatic heterocycles. The predicted molar refractivity (Wildman–Crippen MR) is 186 cm³/mol. The van der Waals surface area contributed by atoms with Gasteiger partial charge in [-0.15, -0.1) is 11.3 Å². The van der Waals surface area contributed by atoms with Crippen molar-refractivity contribution in [2.45, 2.75) is 89.3 Å². The molecule has 1 aromatic heterocycles. The molecule has 0 spiro atoms. The van der Waals surface area contributed by atoms with Gasteiger partial charge in [0.1, 0.15) is 6.04 Å². The number of thioether (sulfide) groups is 1. The van der Waals surface area contributed by atoms with Crippen LogP contribution in [0.4, 0.5) is 0 Å². The Bertz CT molecular complexity index is 1280. The molecule has 262 valence electrons. The predicted octanol–water partition coefficient (Wildman–Crippen LogP) is 2.85. The first kappa shape index (κ1) is 38.9. The van der Waals surface area contributed by atoms with Crippen molar-refractivity contribution < 1.29 is 29.1 Å². The van der Waals surface area contributed by atoms with Gasteiger partial charge in [0, 0.05) is 37.7 Å². The van der Waals surface area contributed by atoms with E-state index in [-0.39, 0.29) is 38.6 Å². The monoisotopic (exact) mass is 692 g/mol. The number of hydroxylamine groups is 2. The summed E-state index contributed by atoms with van der Waals surface area (Å²) >= 11 is 3.15. The highest BCUT2D eigenvalue weighted by Gasteiger charge is 2.49. The van der Waals surface area contributed by atoms with Gasteiger partial charge < -0.3 is 31.5 Å². The molecule has 3 amide bonds. The summed E-state index contributed by atoms with van der Waals surface area (Å²) in [6.07, 6.45) is 3.15. The molecule has 0 radical (unpaired) electrons. The molecule has 2 aromatic rings. The topological polar surface area (TPSA) is 173 Å². The Morgan fingerprint density at radius 2 is 1.85 bits per heavy atom. The Hall–Kier alpha value is -2.59. The Morgan fingerprint density at radius 3 is 2.49 bits per heavy atom. The molecule has 1 aliphatic rings. The summed E-state index contributed by atoms with van der Waals surface area (Å²) in [5.41, 5.74) is 15.9. The highest BCUT2D eigenvalue weighted by atomic mass is 32.2. The van der Waals surface area contributed by atoms with Gasteiger partial charge in [-0.3, -0.25) is 19.2 Å². The number of benzene rings is 1. The second-order valence-corrected chi connectivity index (χ2v) is 14.8. The third-order valence-corrected chi connectivity index (χ3v) is 10.5. The van der Waals surface area contributed by atoms with Gasteiger partial charge in [0.25, 0.3) is 0 Å². The first-order chi connectivity index (χ1) is 22.5. The molecule has 47 heavy (non-hydrogen) atoms. The number of amides is 3. The number of aliphatic hydroxyl groups excluding tert-OH is 1. The van der Waals surface area contributed by atoms with E-state index in [1.807, 2.05) is 50.5 Å². The van der Waals surface area contributed by atoms with Crippen molar-refractivity contribution in [2.75, 3.05) is 45.2 Å². The number of ether oxygens (including phenoxy) is 1. The maximum Gasteiger partial charge on any atom is 0.250 e. The third-order valence-electron chi connectivity index (χ3n) is 8.02. The molecule has 0 bridgehead atoms. The number of carbonyl (C=O) groups excluding carboxylic acids is 3. The number of nitrogens with one attached hydrogen (secondary N) is 1. The zero-order valence-electron chi connectivity index (χ0n) is 28.1. The van der Waals surface area contributed by atoms with E-state index in [9.17, 15) is 19.5 Å². The van der Waals surface area contributed by atoms with Gasteiger partial charge in [-0.05, 0) is 57.0 Å². The lowest BCUT2D eigenvalue weighted by molar-refractivity contribution is -0.209. The second-order valence-electron chi connectivity index (χ2n) is 12.2. The minimum absolute atomic E-state index is 0.0263. The number of hydrogen-bond donors (Lipinski definition) is 4. The van der Waals surface area contributed by atoms with Gasteiger partial charge in [-0.1, -0.05) is 37.1 Å². The first-order valence-corrected chi connectivity index (χ1v) is 18.2. The van der Waals surface area contributed by atoms with Crippen LogP contribution >= 0.6 is 23.1 Å². The number of aryl methyl sites for hydroxylation is 1. The molecule has 14 heteroatoms. The van der Waals surface area contributed by atoms with E-state index in [1.54, 1.807) is 23.1 Å². The molecule has 3 atom stereocenters. The van der Waals surface area contributed by atoms with E-state index < -0.39 is 34.7 Å². The van der Waals surface area contributed by atoms with E-state index in [0.717, 1.165) is 58.2 Å². The van der Waals surface area contributed by atoms with Crippen LogP contribution in [0.3, 0.4) is 0 Å². The molecule has 0 aliphatic carbocycles. The normalized spacial score (nSPS) is 17.1. The number of aromatic nitrogens is 1. The highest BCUT2D eigenvalue weighted by Crippen LogP contribution is 2.35. The van der Waals surface area contributed by atoms with E-state index in [4.69, 9.17) is 21.0 Å². The molecule has 12 nitrogen and oxygen atoms in total. The fourth-order valence-electron chi connectivity index (χ4n) is 5.54. The average molecular weight is 693 g/mol. The van der Waals surface area contributed by atoms with Crippen molar-refractivity contribution in [3.05, 3.63) is 41.0 Å². The van der Waals surface area contributed by atoms with Crippen LogP contribution in [0.2, 0.25) is 0 Å². The number of aliphatic hydroxyl groups is 1. The molecule has 3 rings (SSSR count). The molecule has 1 aromatic carbocycles. The summed E-state index contributed by atoms with van der Waals surface area (Å²) < 4.78 is 4.63. The molecule has 2 heterocycles. The number of β-amino-alcohol motifs (C(OH)–C–C–N with tert-alkyl or cyclic N) is 1. The van der Waals surface area contributed by atoms with Gasteiger partial charge in [0.15, 0.2) is 6.04 Å². The molecule has 6 N–H and O–H groups in total. The van der Waals surface area contributed by atoms with Gasteiger partial charge in [-0.2, -0.15) is 11.8 Å². The third kappa shape index (κ3) is 11.5. The van der Waals surface area contributed by atoms with E-state index in [0.29, 0.717) is 19.7 Å². The van der Waals surface area contributed by atoms with Gasteiger partial charge >= 0.3 is 0 Å². The van der Waals surface area contributed by atoms with Crippen molar-refractivity contribution in [3.8, 4) is 10.4 Å². The summed E-state index contributed by atoms with van der Waals surface area (Å²) in [5, 5.41) is 14.7. The number of nitrogens with zero attached hydrogens (tertiary/aromatic N) is 3. The smallest absolute Gasteiger partial charge is 0.250 e. The van der Waals surface area contributed by atoms with E-state index >= 15 is 0 Å².